The van der Waals surface area contributed by atoms with Crippen molar-refractivity contribution in [2.24, 2.45) is 0 Å². The molecule has 0 bridgehead atoms. The van der Waals surface area contributed by atoms with Crippen molar-refractivity contribution in [3.8, 4) is 0 Å². The zero-order valence-corrected chi connectivity index (χ0v) is 10.6. The third kappa shape index (κ3) is 7880. The maximum Gasteiger partial charge on any atom is 0.126 e. The van der Waals surface area contributed by atoms with Gasteiger partial charge in [0.1, 0.15) is 5.78 Å². The van der Waals surface area contributed by atoms with Gasteiger partial charge in [-0.15, -0.1) is 0 Å². The van der Waals surface area contributed by atoms with Gasteiger partial charge in [-0.2, -0.15) is 0 Å². The van der Waals surface area contributed by atoms with Crippen molar-refractivity contribution in [3.05, 3.63) is 0 Å². The van der Waals surface area contributed by atoms with Gasteiger partial charge in [-0.1, -0.05) is 34.1 Å². The van der Waals surface area contributed by atoms with Crippen LogP contribution in [0.1, 0.15) is 61.8 Å². The third-order valence-electron chi connectivity index (χ3n) is 0. The lowest BCUT2D eigenvalue weighted by Gasteiger charge is -1.80. The summed E-state index contributed by atoms with van der Waals surface area (Å²) in [6, 6.07) is 0. The van der Waals surface area contributed by atoms with Gasteiger partial charge in [0.15, 0.2) is 0 Å². The maximum absolute atomic E-state index is 9.44. The summed E-state index contributed by atoms with van der Waals surface area (Å²) in [7, 11) is 0. The van der Waals surface area contributed by atoms with Crippen LogP contribution in [0.25, 0.3) is 0 Å². The molecule has 2 heteroatoms. The minimum absolute atomic E-state index is 0.167. The van der Waals surface area contributed by atoms with Crippen LogP contribution in [0.4, 0.5) is 0 Å². The second kappa shape index (κ2) is 29.9. The second-order valence-electron chi connectivity index (χ2n) is 2.71. The monoisotopic (exact) mass is 192 g/mol. The van der Waals surface area contributed by atoms with Crippen LogP contribution in [0.5, 0.6) is 0 Å². The molecular formula is C11H28O2. The molecule has 0 aromatic carbocycles. The molecule has 1 N–H and O–H groups in total. The molecule has 0 saturated carbocycles. The van der Waals surface area contributed by atoms with Gasteiger partial charge in [-0.05, 0) is 27.7 Å². The highest BCUT2D eigenvalue weighted by Crippen LogP contribution is 1.65. The summed E-state index contributed by atoms with van der Waals surface area (Å²) in [5.41, 5.74) is 0. The molecule has 0 rings (SSSR count). The molecule has 0 amide bonds. The Labute approximate surface area is 84.4 Å². The SMILES string of the molecule is CC.CC(C)=O.CC(C)O.CCC. The maximum atomic E-state index is 9.44. The number of ketones is 1. The van der Waals surface area contributed by atoms with Crippen LogP contribution in [0.15, 0.2) is 0 Å². The summed E-state index contributed by atoms with van der Waals surface area (Å²) >= 11 is 0. The Morgan fingerprint density at radius 3 is 1.15 bits per heavy atom. The molecule has 0 aromatic heterocycles. The molecule has 13 heavy (non-hydrogen) atoms. The molecule has 0 aliphatic rings. The Hall–Kier alpha value is -0.370. The van der Waals surface area contributed by atoms with Gasteiger partial charge in [0, 0.05) is 6.10 Å². The molecule has 0 aromatic rings. The van der Waals surface area contributed by atoms with Gasteiger partial charge in [0.2, 0.25) is 0 Å². The summed E-state index contributed by atoms with van der Waals surface area (Å²) in [6.07, 6.45) is 1.08. The second-order valence-corrected chi connectivity index (χ2v) is 2.71. The van der Waals surface area contributed by atoms with Crippen LogP contribution >= 0.6 is 0 Å². The van der Waals surface area contributed by atoms with Crippen LogP contribution < -0.4 is 0 Å². The molecule has 0 atom stereocenters. The summed E-state index contributed by atoms with van der Waals surface area (Å²) in [4.78, 5) is 9.44. The fourth-order valence-corrected chi connectivity index (χ4v) is 0. The number of aliphatic hydroxyl groups excluding tert-OH is 1. The van der Waals surface area contributed by atoms with E-state index in [1.807, 2.05) is 13.8 Å². The molecule has 0 saturated heterocycles. The number of carbonyl (C=O) groups excluding carboxylic acids is 1. The zero-order chi connectivity index (χ0) is 11.9. The van der Waals surface area contributed by atoms with Crippen molar-refractivity contribution < 1.29 is 9.90 Å². The molecule has 0 spiro atoms. The number of hydrogen-bond donors (Lipinski definition) is 1. The molecule has 0 fully saturated rings. The van der Waals surface area contributed by atoms with E-state index < -0.39 is 0 Å². The fraction of sp³-hybridized carbons (Fsp3) is 0.909. The summed E-state index contributed by atoms with van der Waals surface area (Å²) in [5.74, 6) is 0.167. The molecule has 0 heterocycles. The van der Waals surface area contributed by atoms with E-state index in [1.54, 1.807) is 13.8 Å². The van der Waals surface area contributed by atoms with E-state index in [4.69, 9.17) is 5.11 Å². The van der Waals surface area contributed by atoms with E-state index in [9.17, 15) is 4.79 Å². The van der Waals surface area contributed by atoms with Gasteiger partial charge >= 0.3 is 0 Å². The van der Waals surface area contributed by atoms with E-state index in [0.29, 0.717) is 0 Å². The minimum atomic E-state index is -0.167. The van der Waals surface area contributed by atoms with Crippen molar-refractivity contribution in [3.63, 3.8) is 0 Å². The predicted octanol–water partition coefficient (Wildman–Crippen LogP) is 3.42. The van der Waals surface area contributed by atoms with Crippen molar-refractivity contribution >= 4 is 5.78 Å². The molecular weight excluding hydrogens is 164 g/mol. The highest BCUT2D eigenvalue weighted by atomic mass is 16.3. The van der Waals surface area contributed by atoms with Crippen LogP contribution in [0.3, 0.4) is 0 Å². The van der Waals surface area contributed by atoms with Crippen molar-refractivity contribution in [1.82, 2.24) is 0 Å². The highest BCUT2D eigenvalue weighted by molar-refractivity contribution is 5.72. The average molecular weight is 192 g/mol. The zero-order valence-electron chi connectivity index (χ0n) is 10.6. The Balaban J connectivity index is -0.0000000431. The molecule has 0 aliphatic carbocycles. The largest absolute Gasteiger partial charge is 0.394 e. The van der Waals surface area contributed by atoms with E-state index in [2.05, 4.69) is 13.8 Å². The molecule has 0 radical (unpaired) electrons. The fourth-order valence-electron chi connectivity index (χ4n) is 0. The lowest BCUT2D eigenvalue weighted by Crippen LogP contribution is -1.85. The average Bonchev–Trinajstić information content (AvgIpc) is 1.89. The first-order valence-corrected chi connectivity index (χ1v) is 5.03. The third-order valence-corrected chi connectivity index (χ3v) is 0. The van der Waals surface area contributed by atoms with E-state index in [1.165, 1.54) is 20.3 Å². The number of Topliss-reactive ketones (excluding diaryl/α,β-unsaturated/α-hetero) is 1. The highest BCUT2D eigenvalue weighted by Gasteiger charge is 1.69. The number of carbonyl (C=O) groups is 1. The van der Waals surface area contributed by atoms with Gasteiger partial charge in [0.25, 0.3) is 0 Å². The van der Waals surface area contributed by atoms with Crippen LogP contribution in [-0.4, -0.2) is 17.0 Å². The molecule has 2 nitrogen and oxygen atoms in total. The first-order valence-electron chi connectivity index (χ1n) is 5.03. The minimum Gasteiger partial charge on any atom is -0.394 e. The van der Waals surface area contributed by atoms with E-state index >= 15 is 0 Å². The topological polar surface area (TPSA) is 37.3 Å². The van der Waals surface area contributed by atoms with Crippen LogP contribution in [0.2, 0.25) is 0 Å². The molecule has 0 unspecified atom stereocenters. The van der Waals surface area contributed by atoms with Gasteiger partial charge in [0.05, 0.1) is 0 Å². The summed E-state index contributed by atoms with van der Waals surface area (Å²) < 4.78 is 0. The van der Waals surface area contributed by atoms with Gasteiger partial charge in [-0.3, -0.25) is 0 Å². The quantitative estimate of drug-likeness (QED) is 0.638. The number of hydrogen-bond acceptors (Lipinski definition) is 2. The Bertz CT molecular complexity index is 61.7. The lowest BCUT2D eigenvalue weighted by molar-refractivity contribution is -0.114. The predicted molar refractivity (Wildman–Crippen MR) is 61.0 cm³/mol. The number of rotatable bonds is 0. The van der Waals surface area contributed by atoms with Gasteiger partial charge in [-0.25, -0.2) is 0 Å². The first-order chi connectivity index (χ1) is 5.88. The smallest absolute Gasteiger partial charge is 0.126 e. The van der Waals surface area contributed by atoms with Crippen LogP contribution in [0, 0.1) is 0 Å². The lowest BCUT2D eigenvalue weighted by atomic mass is 10.5. The standard InChI is InChI=1S/C3H8O.C3H6O.C3H8.C2H6/c2*1-3(2)4;1-3-2;1-2/h3-4H,1-2H3;1-2H3;3H2,1-2H3;1-2H3. The van der Waals surface area contributed by atoms with E-state index in [0.717, 1.165) is 0 Å². The van der Waals surface area contributed by atoms with Crippen molar-refractivity contribution in [2.45, 2.75) is 67.9 Å². The summed E-state index contributed by atoms with van der Waals surface area (Å²) in [5, 5.41) is 8.06. The van der Waals surface area contributed by atoms with Crippen molar-refractivity contribution in [2.75, 3.05) is 0 Å². The Morgan fingerprint density at radius 1 is 1.15 bits per heavy atom. The van der Waals surface area contributed by atoms with Crippen molar-refractivity contribution in [1.29, 1.82) is 0 Å². The normalized spacial score (nSPS) is 6.62. The summed E-state index contributed by atoms with van der Waals surface area (Å²) in [6.45, 7) is 14.8. The van der Waals surface area contributed by atoms with Crippen LogP contribution in [-0.2, 0) is 4.79 Å². The first kappa shape index (κ1) is 22.9. The molecule has 84 valence electrons. The van der Waals surface area contributed by atoms with Gasteiger partial charge < -0.3 is 9.90 Å². The number of aliphatic hydroxyl groups is 1. The van der Waals surface area contributed by atoms with E-state index in [-0.39, 0.29) is 11.9 Å². The Kier molecular flexibility index (Phi) is 52.7. The molecule has 0 aliphatic heterocycles. The Morgan fingerprint density at radius 2 is 1.15 bits per heavy atom.